The summed E-state index contributed by atoms with van der Waals surface area (Å²) < 4.78 is 7.21. The molecule has 1 saturated heterocycles. The zero-order valence-corrected chi connectivity index (χ0v) is 15.4. The summed E-state index contributed by atoms with van der Waals surface area (Å²) in [6, 6.07) is 15.0. The van der Waals surface area contributed by atoms with Gasteiger partial charge in [0.05, 0.1) is 18.7 Å². The molecule has 5 rings (SSSR count). The first-order valence-corrected chi connectivity index (χ1v) is 9.30. The van der Waals surface area contributed by atoms with Gasteiger partial charge in [-0.05, 0) is 49.2 Å². The molecule has 0 saturated carbocycles. The van der Waals surface area contributed by atoms with E-state index in [9.17, 15) is 4.79 Å². The van der Waals surface area contributed by atoms with Crippen molar-refractivity contribution < 1.29 is 9.53 Å². The molecule has 28 heavy (non-hydrogen) atoms. The number of methoxy groups -OCH3 is 1. The highest BCUT2D eigenvalue weighted by Crippen LogP contribution is 2.32. The molecule has 1 aliphatic rings. The Morgan fingerprint density at radius 1 is 1.14 bits per heavy atom. The van der Waals surface area contributed by atoms with Gasteiger partial charge in [0.15, 0.2) is 11.5 Å². The maximum absolute atomic E-state index is 13.2. The number of ether oxygens (including phenoxy) is 1. The van der Waals surface area contributed by atoms with Crippen LogP contribution < -0.4 is 4.74 Å². The lowest BCUT2D eigenvalue weighted by atomic mass is 10.1. The molecular formula is C21H19N5O2. The monoisotopic (exact) mass is 373 g/mol. The van der Waals surface area contributed by atoms with E-state index in [4.69, 9.17) is 4.74 Å². The number of likely N-dealkylation sites (tertiary alicyclic amines) is 1. The van der Waals surface area contributed by atoms with E-state index in [0.29, 0.717) is 12.2 Å². The number of amides is 1. The van der Waals surface area contributed by atoms with Crippen molar-refractivity contribution >= 4 is 22.5 Å². The number of aromatic nitrogens is 4. The number of fused-ring (bicyclic) bond motifs is 2. The molecule has 1 amide bonds. The first-order chi connectivity index (χ1) is 13.7. The summed E-state index contributed by atoms with van der Waals surface area (Å²) in [5.41, 5.74) is 2.00. The van der Waals surface area contributed by atoms with E-state index in [-0.39, 0.29) is 11.9 Å². The molecule has 7 nitrogen and oxygen atoms in total. The molecule has 1 fully saturated rings. The largest absolute Gasteiger partial charge is 0.497 e. The summed E-state index contributed by atoms with van der Waals surface area (Å²) >= 11 is 0. The summed E-state index contributed by atoms with van der Waals surface area (Å²) in [6.07, 6.45) is 3.74. The van der Waals surface area contributed by atoms with E-state index < -0.39 is 0 Å². The Morgan fingerprint density at radius 3 is 2.96 bits per heavy atom. The zero-order chi connectivity index (χ0) is 19.1. The fraction of sp³-hybridized carbons (Fsp3) is 0.238. The molecule has 1 unspecified atom stereocenters. The molecule has 0 radical (unpaired) electrons. The summed E-state index contributed by atoms with van der Waals surface area (Å²) in [6.45, 7) is 0.688. The van der Waals surface area contributed by atoms with E-state index in [1.54, 1.807) is 13.2 Å². The van der Waals surface area contributed by atoms with Crippen molar-refractivity contribution in [2.45, 2.75) is 18.9 Å². The van der Waals surface area contributed by atoms with E-state index >= 15 is 0 Å². The Balaban J connectivity index is 1.49. The van der Waals surface area contributed by atoms with Gasteiger partial charge in [0.1, 0.15) is 11.4 Å². The third kappa shape index (κ3) is 2.67. The first-order valence-electron chi connectivity index (χ1n) is 9.30. The Bertz CT molecular complexity index is 1190. The fourth-order valence-electron chi connectivity index (χ4n) is 3.86. The van der Waals surface area contributed by atoms with Crippen LogP contribution in [0.4, 0.5) is 0 Å². The quantitative estimate of drug-likeness (QED) is 0.551. The number of pyridine rings is 2. The molecule has 7 heteroatoms. The molecule has 1 aromatic carbocycles. The summed E-state index contributed by atoms with van der Waals surface area (Å²) in [5.74, 6) is 1.49. The van der Waals surface area contributed by atoms with Crippen LogP contribution in [0.5, 0.6) is 5.75 Å². The Morgan fingerprint density at radius 2 is 2.07 bits per heavy atom. The molecule has 0 bridgehead atoms. The summed E-state index contributed by atoms with van der Waals surface area (Å²) in [7, 11) is 1.63. The van der Waals surface area contributed by atoms with Crippen LogP contribution in [-0.4, -0.2) is 44.0 Å². The Labute approximate surface area is 161 Å². The minimum absolute atomic E-state index is 0.0760. The summed E-state index contributed by atoms with van der Waals surface area (Å²) in [5, 5.41) is 9.53. The average Bonchev–Trinajstić information content (AvgIpc) is 3.39. The van der Waals surface area contributed by atoms with Crippen LogP contribution in [0, 0.1) is 0 Å². The van der Waals surface area contributed by atoms with E-state index in [0.717, 1.165) is 41.0 Å². The van der Waals surface area contributed by atoms with E-state index in [2.05, 4.69) is 15.2 Å². The predicted molar refractivity (Wildman–Crippen MR) is 104 cm³/mol. The topological polar surface area (TPSA) is 72.6 Å². The van der Waals surface area contributed by atoms with Crippen LogP contribution >= 0.6 is 0 Å². The van der Waals surface area contributed by atoms with Crippen molar-refractivity contribution in [3.05, 3.63) is 66.2 Å². The van der Waals surface area contributed by atoms with Crippen molar-refractivity contribution in [1.29, 1.82) is 0 Å². The van der Waals surface area contributed by atoms with Crippen LogP contribution in [0.2, 0.25) is 0 Å². The number of benzene rings is 1. The molecule has 0 aliphatic carbocycles. The molecular weight excluding hydrogens is 354 g/mol. The van der Waals surface area contributed by atoms with Crippen molar-refractivity contribution in [3.63, 3.8) is 0 Å². The molecule has 3 aromatic heterocycles. The molecule has 0 spiro atoms. The lowest BCUT2D eigenvalue weighted by molar-refractivity contribution is 0.0723. The van der Waals surface area contributed by atoms with Gasteiger partial charge < -0.3 is 9.64 Å². The van der Waals surface area contributed by atoms with Crippen molar-refractivity contribution in [3.8, 4) is 5.75 Å². The number of hydrogen-bond donors (Lipinski definition) is 0. The van der Waals surface area contributed by atoms with Crippen LogP contribution in [0.3, 0.4) is 0 Å². The second-order valence-electron chi connectivity index (χ2n) is 6.90. The number of rotatable bonds is 3. The Kier molecular flexibility index (Phi) is 3.93. The number of nitrogens with zero attached hydrogens (tertiary/aromatic N) is 5. The fourth-order valence-corrected chi connectivity index (χ4v) is 3.86. The van der Waals surface area contributed by atoms with Crippen LogP contribution in [-0.2, 0) is 0 Å². The molecule has 0 N–H and O–H groups in total. The highest BCUT2D eigenvalue weighted by Gasteiger charge is 2.34. The van der Waals surface area contributed by atoms with Gasteiger partial charge in [0.2, 0.25) is 0 Å². The van der Waals surface area contributed by atoms with Gasteiger partial charge in [0.25, 0.3) is 5.91 Å². The third-order valence-electron chi connectivity index (χ3n) is 5.27. The van der Waals surface area contributed by atoms with Gasteiger partial charge in [-0.25, -0.2) is 4.98 Å². The average molecular weight is 373 g/mol. The van der Waals surface area contributed by atoms with E-state index in [1.165, 1.54) is 0 Å². The lowest BCUT2D eigenvalue weighted by Crippen LogP contribution is -2.32. The third-order valence-corrected chi connectivity index (χ3v) is 5.27. The SMILES string of the molecule is COc1ccc2nc(C(=O)N3CCCC3c3nnc4ccccn34)ccc2c1. The molecule has 140 valence electrons. The van der Waals surface area contributed by atoms with Gasteiger partial charge in [-0.2, -0.15) is 0 Å². The van der Waals surface area contributed by atoms with Gasteiger partial charge in [-0.1, -0.05) is 12.1 Å². The minimum Gasteiger partial charge on any atom is -0.497 e. The number of hydrogen-bond acceptors (Lipinski definition) is 5. The normalized spacial score (nSPS) is 16.8. The highest BCUT2D eigenvalue weighted by molar-refractivity contribution is 5.95. The molecule has 4 heterocycles. The van der Waals surface area contributed by atoms with Crippen LogP contribution in [0.15, 0.2) is 54.7 Å². The van der Waals surface area contributed by atoms with E-state index in [1.807, 2.05) is 58.0 Å². The Hall–Kier alpha value is -3.48. The van der Waals surface area contributed by atoms with Gasteiger partial charge in [-0.3, -0.25) is 9.20 Å². The first kappa shape index (κ1) is 16.7. The van der Waals surface area contributed by atoms with Gasteiger partial charge >= 0.3 is 0 Å². The van der Waals surface area contributed by atoms with Crippen LogP contribution in [0.1, 0.15) is 35.2 Å². The van der Waals surface area contributed by atoms with Crippen LogP contribution in [0.25, 0.3) is 16.6 Å². The highest BCUT2D eigenvalue weighted by atomic mass is 16.5. The smallest absolute Gasteiger partial charge is 0.273 e. The summed E-state index contributed by atoms with van der Waals surface area (Å²) in [4.78, 5) is 19.7. The maximum atomic E-state index is 13.2. The molecule has 1 aliphatic heterocycles. The zero-order valence-electron chi connectivity index (χ0n) is 15.4. The number of carbonyl (C=O) groups excluding carboxylic acids is 1. The number of carbonyl (C=O) groups is 1. The molecule has 1 atom stereocenters. The van der Waals surface area contributed by atoms with Gasteiger partial charge in [-0.15, -0.1) is 10.2 Å². The maximum Gasteiger partial charge on any atom is 0.273 e. The van der Waals surface area contributed by atoms with Crippen molar-refractivity contribution in [2.75, 3.05) is 13.7 Å². The van der Waals surface area contributed by atoms with Crippen molar-refractivity contribution in [1.82, 2.24) is 24.5 Å². The lowest BCUT2D eigenvalue weighted by Gasteiger charge is -2.23. The molecule has 4 aromatic rings. The standard InChI is InChI=1S/C21H19N5O2/c1-28-15-8-10-16-14(13-15)7-9-17(22-16)21(27)25-12-4-5-18(25)20-24-23-19-6-2-3-11-26(19)20/h2-3,6-11,13,18H,4-5,12H2,1H3. The second-order valence-corrected chi connectivity index (χ2v) is 6.90. The second kappa shape index (κ2) is 6.60. The predicted octanol–water partition coefficient (Wildman–Crippen LogP) is 3.26. The van der Waals surface area contributed by atoms with Crippen molar-refractivity contribution in [2.24, 2.45) is 0 Å². The minimum atomic E-state index is -0.0988. The van der Waals surface area contributed by atoms with Gasteiger partial charge in [0, 0.05) is 18.1 Å².